The number of rotatable bonds is 2. The van der Waals surface area contributed by atoms with Crippen LogP contribution >= 0.6 is 0 Å². The minimum absolute atomic E-state index is 0.238. The lowest BCUT2D eigenvalue weighted by atomic mass is 10.3. The van der Waals surface area contributed by atoms with Gasteiger partial charge in [0.1, 0.15) is 5.69 Å². The lowest BCUT2D eigenvalue weighted by molar-refractivity contribution is -0.115. The maximum Gasteiger partial charge on any atom is 0.253 e. The Morgan fingerprint density at radius 1 is 1.33 bits per heavy atom. The summed E-state index contributed by atoms with van der Waals surface area (Å²) < 4.78 is 58.4. The molecule has 1 amide bonds. The topological polar surface area (TPSA) is 42.0 Å². The molecule has 0 spiro atoms. The first-order chi connectivity index (χ1) is 7.40. The zero-order valence-corrected chi connectivity index (χ0v) is 7.52. The van der Waals surface area contributed by atoms with Gasteiger partial charge in [0.2, 0.25) is 17.5 Å². The molecule has 0 atom stereocenters. The minimum atomic E-state index is -1.91. The average Bonchev–Trinajstić information content (AvgIpc) is 2.25. The molecule has 0 saturated carbocycles. The van der Waals surface area contributed by atoms with E-state index in [1.165, 1.54) is 6.92 Å². The summed E-state index contributed by atoms with van der Waals surface area (Å²) >= 11 is 0. The number of halogens is 4. The first-order valence-corrected chi connectivity index (χ1v) is 3.92. The van der Waals surface area contributed by atoms with E-state index in [1.54, 1.807) is 0 Å². The molecule has 0 fully saturated rings. The van der Waals surface area contributed by atoms with Crippen LogP contribution < -0.4 is 5.31 Å². The number of anilines is 1. The Balaban J connectivity index is 3.37. The van der Waals surface area contributed by atoms with Gasteiger partial charge in [0.25, 0.3) is 11.9 Å². The molecular formula is C8H6F4N2O. The van der Waals surface area contributed by atoms with Crippen LogP contribution in [-0.2, 0) is 4.79 Å². The van der Waals surface area contributed by atoms with E-state index in [-0.39, 0.29) is 11.7 Å². The fourth-order valence-electron chi connectivity index (χ4n) is 0.778. The Bertz CT molecular complexity index is 414. The molecule has 0 saturated heterocycles. The van der Waals surface area contributed by atoms with Gasteiger partial charge in [-0.05, 0) is 0 Å². The lowest BCUT2D eigenvalue weighted by Gasteiger charge is -2.06. The van der Waals surface area contributed by atoms with Gasteiger partial charge in [-0.25, -0.2) is 0 Å². The molecule has 82 valence electrons. The number of hydrogen-bond acceptors (Lipinski definition) is 2. The second-order valence-corrected chi connectivity index (χ2v) is 2.53. The highest BCUT2D eigenvalue weighted by molar-refractivity contribution is 5.90. The number of nitrogens with one attached hydrogen (secondary N) is 1. The van der Waals surface area contributed by atoms with Crippen molar-refractivity contribution in [2.45, 2.75) is 13.3 Å². The Labute approximate surface area is 83.6 Å². The van der Waals surface area contributed by atoms with Gasteiger partial charge >= 0.3 is 0 Å². The van der Waals surface area contributed by atoms with E-state index in [2.05, 4.69) is 4.98 Å². The maximum atomic E-state index is 13.0. The predicted molar refractivity (Wildman–Crippen MR) is 43.0 cm³/mol. The third-order valence-corrected chi connectivity index (χ3v) is 1.51. The van der Waals surface area contributed by atoms with E-state index in [4.69, 9.17) is 1.41 Å². The van der Waals surface area contributed by atoms with E-state index < -0.39 is 35.1 Å². The van der Waals surface area contributed by atoms with Crippen molar-refractivity contribution in [3.8, 4) is 0 Å². The van der Waals surface area contributed by atoms with Gasteiger partial charge in [0.05, 0.1) is 0 Å². The number of amides is 1. The zero-order chi connectivity index (χ0) is 12.5. The van der Waals surface area contributed by atoms with Crippen molar-refractivity contribution >= 4 is 11.6 Å². The average molecular weight is 223 g/mol. The van der Waals surface area contributed by atoms with Gasteiger partial charge < -0.3 is 5.31 Å². The van der Waals surface area contributed by atoms with Crippen molar-refractivity contribution in [2.24, 2.45) is 0 Å². The van der Waals surface area contributed by atoms with Crippen molar-refractivity contribution in [2.75, 3.05) is 5.31 Å². The van der Waals surface area contributed by atoms with Gasteiger partial charge in [-0.15, -0.1) is 0 Å². The molecule has 0 aromatic carbocycles. The first-order valence-electron chi connectivity index (χ1n) is 4.36. The molecular weight excluding hydrogens is 216 g/mol. The number of nitrogens with zero attached hydrogens (tertiary/aromatic N) is 1. The van der Waals surface area contributed by atoms with E-state index in [0.29, 0.717) is 0 Å². The fourth-order valence-corrected chi connectivity index (χ4v) is 0.778. The summed E-state index contributed by atoms with van der Waals surface area (Å²) in [7, 11) is 0. The van der Waals surface area contributed by atoms with Crippen LogP contribution in [0.1, 0.15) is 13.3 Å². The number of carbonyl (C=O) groups excluding carboxylic acids is 1. The Hall–Kier alpha value is -1.66. The number of aromatic nitrogens is 1. The molecule has 0 unspecified atom stereocenters. The van der Waals surface area contributed by atoms with E-state index in [9.17, 15) is 22.4 Å². The molecule has 15 heavy (non-hydrogen) atoms. The summed E-state index contributed by atoms with van der Waals surface area (Å²) in [5.74, 6) is -8.58. The third-order valence-electron chi connectivity index (χ3n) is 1.51. The van der Waals surface area contributed by atoms with Crippen LogP contribution in [0.2, 0.25) is 1.41 Å². The minimum Gasteiger partial charge on any atom is -0.321 e. The molecule has 0 aliphatic heterocycles. The van der Waals surface area contributed by atoms with E-state index in [0.717, 1.165) is 0 Å². The molecule has 0 bridgehead atoms. The number of carbonyl (C=O) groups is 1. The molecule has 1 N–H and O–H groups in total. The summed E-state index contributed by atoms with van der Waals surface area (Å²) in [5.41, 5.74) is -1.41. The largest absolute Gasteiger partial charge is 0.321 e. The molecule has 1 aromatic rings. The van der Waals surface area contributed by atoms with Crippen LogP contribution in [0.15, 0.2) is 0 Å². The second kappa shape index (κ2) is 4.24. The molecule has 3 nitrogen and oxygen atoms in total. The molecule has 1 rings (SSSR count). The normalized spacial score (nSPS) is 11.1. The maximum absolute atomic E-state index is 13.0. The summed E-state index contributed by atoms with van der Waals surface area (Å²) in [4.78, 5) is 13.3. The summed E-state index contributed by atoms with van der Waals surface area (Å²) in [5, 5.41) is -0.238. The monoisotopic (exact) mass is 223 g/mol. The number of hydrogen-bond donors (Lipinski definition) is 1. The van der Waals surface area contributed by atoms with Crippen molar-refractivity contribution in [3.63, 3.8) is 0 Å². The van der Waals surface area contributed by atoms with Gasteiger partial charge in [-0.2, -0.15) is 22.5 Å². The van der Waals surface area contributed by atoms with Gasteiger partial charge in [-0.3, -0.25) is 4.79 Å². The van der Waals surface area contributed by atoms with Crippen LogP contribution in [0.25, 0.3) is 0 Å². The van der Waals surface area contributed by atoms with Crippen LogP contribution in [0.3, 0.4) is 0 Å². The van der Waals surface area contributed by atoms with Crippen molar-refractivity contribution in [1.29, 1.82) is 0 Å². The first kappa shape index (κ1) is 9.88. The standard InChI is InChI=1S/C8H6F4N2O/c1-2-3(15)13-6-4(9)7(11)14-8(12)5(6)10/h2H2,1H3,(H,13,14,15)/i/hD. The Morgan fingerprint density at radius 2 is 1.80 bits per heavy atom. The highest BCUT2D eigenvalue weighted by Gasteiger charge is 2.21. The highest BCUT2D eigenvalue weighted by atomic mass is 19.2. The van der Waals surface area contributed by atoms with Crippen LogP contribution in [-0.4, -0.2) is 10.9 Å². The fraction of sp³-hybridized carbons (Fsp3) is 0.250. The molecule has 0 aliphatic carbocycles. The van der Waals surface area contributed by atoms with Crippen LogP contribution in [0.5, 0.6) is 0 Å². The van der Waals surface area contributed by atoms with Crippen LogP contribution in [0, 0.1) is 23.5 Å². The second-order valence-electron chi connectivity index (χ2n) is 2.53. The summed E-state index contributed by atoms with van der Waals surface area (Å²) in [6.45, 7) is 1.33. The Kier molecular flexibility index (Phi) is 2.79. The van der Waals surface area contributed by atoms with E-state index in [1.807, 2.05) is 0 Å². The van der Waals surface area contributed by atoms with Crippen molar-refractivity contribution in [1.82, 2.24) is 4.98 Å². The number of pyridine rings is 1. The molecule has 1 heterocycles. The Morgan fingerprint density at radius 3 is 2.20 bits per heavy atom. The van der Waals surface area contributed by atoms with Crippen molar-refractivity contribution in [3.05, 3.63) is 23.5 Å². The van der Waals surface area contributed by atoms with E-state index >= 15 is 0 Å². The molecule has 7 heteroatoms. The predicted octanol–water partition coefficient (Wildman–Crippen LogP) is 1.99. The summed E-state index contributed by atoms with van der Waals surface area (Å²) in [6.07, 6.45) is -0.242. The SMILES string of the molecule is [2H]N(C(=O)CC)c1c(F)c(F)nc(F)c1F. The van der Waals surface area contributed by atoms with Gasteiger partial charge in [-0.1, -0.05) is 6.92 Å². The molecule has 1 aromatic heterocycles. The highest BCUT2D eigenvalue weighted by Crippen LogP contribution is 2.21. The molecule has 0 radical (unpaired) electrons. The van der Waals surface area contributed by atoms with Gasteiger partial charge in [0.15, 0.2) is 1.41 Å². The smallest absolute Gasteiger partial charge is 0.253 e. The lowest BCUT2D eigenvalue weighted by Crippen LogP contribution is -2.15. The van der Waals surface area contributed by atoms with Gasteiger partial charge in [0, 0.05) is 6.42 Å². The zero-order valence-electron chi connectivity index (χ0n) is 8.52. The molecule has 0 aliphatic rings. The summed E-state index contributed by atoms with van der Waals surface area (Å²) in [6, 6.07) is 0. The van der Waals surface area contributed by atoms with Crippen molar-refractivity contribution < 1.29 is 23.8 Å². The quantitative estimate of drug-likeness (QED) is 0.615. The third kappa shape index (κ3) is 2.23. The van der Waals surface area contributed by atoms with Crippen LogP contribution in [0.4, 0.5) is 23.2 Å².